The molecule has 1 aliphatic rings. The van der Waals surface area contributed by atoms with Crippen LogP contribution in [0, 0.1) is 0 Å². The number of aliphatic hydroxyl groups is 1. The first kappa shape index (κ1) is 14.9. The van der Waals surface area contributed by atoms with Crippen LogP contribution in [0.15, 0.2) is 33.6 Å². The minimum absolute atomic E-state index is 0.167. The van der Waals surface area contributed by atoms with Crippen molar-refractivity contribution >= 4 is 26.0 Å². The Kier molecular flexibility index (Phi) is 4.62. The summed E-state index contributed by atoms with van der Waals surface area (Å²) in [6.07, 6.45) is 0. The first-order valence-corrected chi connectivity index (χ1v) is 8.25. The molecule has 106 valence electrons. The molecular weight excluding hydrogens is 332 g/mol. The van der Waals surface area contributed by atoms with Gasteiger partial charge in [0.15, 0.2) is 0 Å². The number of rotatable bonds is 3. The number of hydrogen-bond acceptors (Lipinski definition) is 4. The zero-order chi connectivity index (χ0) is 14.0. The molecule has 1 aliphatic heterocycles. The van der Waals surface area contributed by atoms with Gasteiger partial charge in [0.1, 0.15) is 0 Å². The number of halogens is 1. The molecule has 1 atom stereocenters. The Hall–Kier alpha value is -0.470. The molecule has 0 unspecified atom stereocenters. The molecule has 1 fully saturated rings. The van der Waals surface area contributed by atoms with Gasteiger partial charge in [-0.3, -0.25) is 0 Å². The molecule has 1 heterocycles. The van der Waals surface area contributed by atoms with Gasteiger partial charge >= 0.3 is 0 Å². The molecule has 0 spiro atoms. The van der Waals surface area contributed by atoms with Crippen molar-refractivity contribution in [2.24, 2.45) is 0 Å². The van der Waals surface area contributed by atoms with Crippen molar-refractivity contribution in [3.63, 3.8) is 0 Å². The van der Waals surface area contributed by atoms with Crippen molar-refractivity contribution < 1.29 is 13.5 Å². The number of sulfonamides is 1. The quantitative estimate of drug-likeness (QED) is 0.875. The van der Waals surface area contributed by atoms with E-state index < -0.39 is 10.0 Å². The van der Waals surface area contributed by atoms with Crippen LogP contribution < -0.4 is 0 Å². The Bertz CT molecular complexity index is 532. The maximum Gasteiger partial charge on any atom is 0.243 e. The molecule has 19 heavy (non-hydrogen) atoms. The maximum atomic E-state index is 12.6. The maximum absolute atomic E-state index is 12.6. The largest absolute Gasteiger partial charge is 0.395 e. The summed E-state index contributed by atoms with van der Waals surface area (Å²) >= 11 is 3.29. The third kappa shape index (κ3) is 3.17. The number of nitrogens with zero attached hydrogens (tertiary/aromatic N) is 2. The first-order chi connectivity index (χ1) is 8.95. The SMILES string of the molecule is CN1CCN(S(=O)(=O)c2ccc(Br)cc2)[C@H](CO)C1. The van der Waals surface area contributed by atoms with Crippen LogP contribution in [-0.2, 0) is 10.0 Å². The molecule has 0 aliphatic carbocycles. The first-order valence-electron chi connectivity index (χ1n) is 6.02. The van der Waals surface area contributed by atoms with Crippen molar-refractivity contribution in [2.45, 2.75) is 10.9 Å². The lowest BCUT2D eigenvalue weighted by Gasteiger charge is -2.38. The van der Waals surface area contributed by atoms with E-state index in [1.54, 1.807) is 24.3 Å². The van der Waals surface area contributed by atoms with E-state index in [0.29, 0.717) is 19.6 Å². The molecule has 0 amide bonds. The van der Waals surface area contributed by atoms with Gasteiger partial charge in [0.2, 0.25) is 10.0 Å². The Morgan fingerprint density at radius 3 is 2.53 bits per heavy atom. The summed E-state index contributed by atoms with van der Waals surface area (Å²) in [4.78, 5) is 2.28. The lowest BCUT2D eigenvalue weighted by atomic mass is 10.2. The zero-order valence-electron chi connectivity index (χ0n) is 10.7. The number of piperazine rings is 1. The summed E-state index contributed by atoms with van der Waals surface area (Å²) in [6, 6.07) is 6.18. The third-order valence-electron chi connectivity index (χ3n) is 3.26. The summed E-state index contributed by atoms with van der Waals surface area (Å²) in [5.41, 5.74) is 0. The zero-order valence-corrected chi connectivity index (χ0v) is 13.1. The highest BCUT2D eigenvalue weighted by Crippen LogP contribution is 2.22. The van der Waals surface area contributed by atoms with E-state index >= 15 is 0 Å². The highest BCUT2D eigenvalue weighted by atomic mass is 79.9. The lowest BCUT2D eigenvalue weighted by molar-refractivity contribution is 0.107. The van der Waals surface area contributed by atoms with Crippen LogP contribution >= 0.6 is 15.9 Å². The van der Waals surface area contributed by atoms with Crippen molar-refractivity contribution in [2.75, 3.05) is 33.3 Å². The van der Waals surface area contributed by atoms with Gasteiger partial charge in [-0.25, -0.2) is 8.42 Å². The van der Waals surface area contributed by atoms with Crippen molar-refractivity contribution in [3.8, 4) is 0 Å². The molecule has 0 radical (unpaired) electrons. The molecule has 0 aromatic heterocycles. The fourth-order valence-electron chi connectivity index (χ4n) is 2.20. The van der Waals surface area contributed by atoms with Gasteiger partial charge in [0.25, 0.3) is 0 Å². The van der Waals surface area contributed by atoms with Gasteiger partial charge in [-0.05, 0) is 31.3 Å². The van der Waals surface area contributed by atoms with Crippen LogP contribution in [0.1, 0.15) is 0 Å². The van der Waals surface area contributed by atoms with E-state index in [4.69, 9.17) is 0 Å². The van der Waals surface area contributed by atoms with Crippen LogP contribution in [0.25, 0.3) is 0 Å². The average Bonchev–Trinajstić information content (AvgIpc) is 2.38. The smallest absolute Gasteiger partial charge is 0.243 e. The minimum atomic E-state index is -3.54. The van der Waals surface area contributed by atoms with E-state index in [2.05, 4.69) is 15.9 Å². The number of aliphatic hydroxyl groups excluding tert-OH is 1. The van der Waals surface area contributed by atoms with Gasteiger partial charge in [0, 0.05) is 24.1 Å². The van der Waals surface area contributed by atoms with Crippen LogP contribution in [0.5, 0.6) is 0 Å². The summed E-state index contributed by atoms with van der Waals surface area (Å²) in [5, 5.41) is 9.39. The molecule has 1 N–H and O–H groups in total. The van der Waals surface area contributed by atoms with E-state index in [1.807, 2.05) is 11.9 Å². The van der Waals surface area contributed by atoms with Gasteiger partial charge in [0.05, 0.1) is 17.5 Å². The topological polar surface area (TPSA) is 60.9 Å². The number of benzene rings is 1. The lowest BCUT2D eigenvalue weighted by Crippen LogP contribution is -2.55. The highest BCUT2D eigenvalue weighted by molar-refractivity contribution is 9.10. The van der Waals surface area contributed by atoms with E-state index in [9.17, 15) is 13.5 Å². The van der Waals surface area contributed by atoms with E-state index in [1.165, 1.54) is 4.31 Å². The Labute approximate surface area is 122 Å². The number of likely N-dealkylation sites (N-methyl/N-ethyl adjacent to an activating group) is 1. The van der Waals surface area contributed by atoms with Crippen LogP contribution in [0.3, 0.4) is 0 Å². The summed E-state index contributed by atoms with van der Waals surface area (Å²) in [7, 11) is -1.61. The molecule has 5 nitrogen and oxygen atoms in total. The summed E-state index contributed by atoms with van der Waals surface area (Å²) in [5.74, 6) is 0. The van der Waals surface area contributed by atoms with Gasteiger partial charge in [-0.2, -0.15) is 4.31 Å². The Morgan fingerprint density at radius 1 is 1.32 bits per heavy atom. The third-order valence-corrected chi connectivity index (χ3v) is 5.76. The van der Waals surface area contributed by atoms with Crippen molar-refractivity contribution in [1.82, 2.24) is 9.21 Å². The highest BCUT2D eigenvalue weighted by Gasteiger charge is 2.34. The van der Waals surface area contributed by atoms with Gasteiger partial charge < -0.3 is 10.0 Å². The molecule has 1 saturated heterocycles. The predicted molar refractivity (Wildman–Crippen MR) is 76.4 cm³/mol. The molecule has 0 bridgehead atoms. The van der Waals surface area contributed by atoms with Gasteiger partial charge in [-0.15, -0.1) is 0 Å². The fraction of sp³-hybridized carbons (Fsp3) is 0.500. The van der Waals surface area contributed by atoms with E-state index in [0.717, 1.165) is 4.47 Å². The van der Waals surface area contributed by atoms with E-state index in [-0.39, 0.29) is 17.5 Å². The predicted octanol–water partition coefficient (Wildman–Crippen LogP) is 0.746. The summed E-state index contributed by atoms with van der Waals surface area (Å²) < 4.78 is 27.3. The monoisotopic (exact) mass is 348 g/mol. The second kappa shape index (κ2) is 5.88. The second-order valence-electron chi connectivity index (χ2n) is 4.67. The van der Waals surface area contributed by atoms with Crippen molar-refractivity contribution in [3.05, 3.63) is 28.7 Å². The molecule has 1 aromatic carbocycles. The fourth-order valence-corrected chi connectivity index (χ4v) is 4.06. The Balaban J connectivity index is 2.30. The van der Waals surface area contributed by atoms with Crippen LogP contribution in [-0.4, -0.2) is 62.1 Å². The molecule has 0 saturated carbocycles. The molecule has 1 aromatic rings. The normalized spacial score (nSPS) is 22.6. The molecular formula is C12H17BrN2O3S. The standard InChI is InChI=1S/C12H17BrN2O3S/c1-14-6-7-15(11(8-14)9-16)19(17,18)12-4-2-10(13)3-5-12/h2-5,11,16H,6-9H2,1H3/t11-/m0/s1. The number of hydrogen-bond donors (Lipinski definition) is 1. The van der Waals surface area contributed by atoms with Crippen molar-refractivity contribution in [1.29, 1.82) is 0 Å². The Morgan fingerprint density at radius 2 is 1.95 bits per heavy atom. The molecule has 2 rings (SSSR count). The van der Waals surface area contributed by atoms with Crippen LogP contribution in [0.4, 0.5) is 0 Å². The second-order valence-corrected chi connectivity index (χ2v) is 7.47. The minimum Gasteiger partial charge on any atom is -0.395 e. The molecule has 7 heteroatoms. The van der Waals surface area contributed by atoms with Gasteiger partial charge in [-0.1, -0.05) is 15.9 Å². The average molecular weight is 349 g/mol. The summed E-state index contributed by atoms with van der Waals surface area (Å²) in [6.45, 7) is 1.46. The van der Waals surface area contributed by atoms with Crippen LogP contribution in [0.2, 0.25) is 0 Å².